The van der Waals surface area contributed by atoms with Gasteiger partial charge in [0.1, 0.15) is 17.9 Å². The third kappa shape index (κ3) is 3.89. The number of hydrogen-bond donors (Lipinski definition) is 1. The standard InChI is InChI=1S/C13H18ClNO3/c1-13(2,12(16)17)15(3)8-9-18-11-6-4-10(14)5-7-11/h4-7H,8-9H2,1-3H3,(H,16,17). The Balaban J connectivity index is 2.42. The number of carboxylic acids is 1. The lowest BCUT2D eigenvalue weighted by Crippen LogP contribution is -2.49. The molecule has 100 valence electrons. The summed E-state index contributed by atoms with van der Waals surface area (Å²) < 4.78 is 5.51. The number of carbonyl (C=O) groups is 1. The van der Waals surface area contributed by atoms with Gasteiger partial charge in [-0.3, -0.25) is 9.69 Å². The van der Waals surface area contributed by atoms with Gasteiger partial charge in [-0.15, -0.1) is 0 Å². The molecule has 0 saturated heterocycles. The van der Waals surface area contributed by atoms with Crippen LogP contribution in [0.5, 0.6) is 5.75 Å². The van der Waals surface area contributed by atoms with Crippen molar-refractivity contribution in [2.75, 3.05) is 20.2 Å². The highest BCUT2D eigenvalue weighted by Crippen LogP contribution is 2.16. The first-order valence-electron chi connectivity index (χ1n) is 5.67. The largest absolute Gasteiger partial charge is 0.492 e. The number of halogens is 1. The molecule has 0 spiro atoms. The Hall–Kier alpha value is -1.26. The second kappa shape index (κ2) is 6.07. The molecule has 4 nitrogen and oxygen atoms in total. The van der Waals surface area contributed by atoms with Crippen LogP contribution in [-0.4, -0.2) is 41.7 Å². The highest BCUT2D eigenvalue weighted by molar-refractivity contribution is 6.30. The van der Waals surface area contributed by atoms with Crippen LogP contribution in [-0.2, 0) is 4.79 Å². The van der Waals surface area contributed by atoms with E-state index in [9.17, 15) is 4.79 Å². The van der Waals surface area contributed by atoms with E-state index in [2.05, 4.69) is 0 Å². The first-order valence-corrected chi connectivity index (χ1v) is 6.05. The van der Waals surface area contributed by atoms with E-state index in [1.165, 1.54) is 0 Å². The number of rotatable bonds is 6. The van der Waals surface area contributed by atoms with Crippen LogP contribution in [0.3, 0.4) is 0 Å². The predicted molar refractivity (Wildman–Crippen MR) is 71.3 cm³/mol. The van der Waals surface area contributed by atoms with Gasteiger partial charge in [0.05, 0.1) is 0 Å². The molecule has 0 heterocycles. The number of benzene rings is 1. The molecule has 0 unspecified atom stereocenters. The van der Waals surface area contributed by atoms with Crippen LogP contribution in [0.1, 0.15) is 13.8 Å². The third-order valence-corrected chi connectivity index (χ3v) is 3.24. The van der Waals surface area contributed by atoms with Gasteiger partial charge in [0.2, 0.25) is 0 Å². The van der Waals surface area contributed by atoms with Gasteiger partial charge in [0.15, 0.2) is 0 Å². The van der Waals surface area contributed by atoms with E-state index in [-0.39, 0.29) is 0 Å². The van der Waals surface area contributed by atoms with Crippen LogP contribution in [0.4, 0.5) is 0 Å². The molecule has 0 radical (unpaired) electrons. The van der Waals surface area contributed by atoms with E-state index in [1.54, 1.807) is 50.1 Å². The van der Waals surface area contributed by atoms with E-state index in [0.29, 0.717) is 18.2 Å². The minimum Gasteiger partial charge on any atom is -0.492 e. The highest BCUT2D eigenvalue weighted by Gasteiger charge is 2.31. The molecule has 1 rings (SSSR count). The summed E-state index contributed by atoms with van der Waals surface area (Å²) in [5, 5.41) is 9.72. The topological polar surface area (TPSA) is 49.8 Å². The molecule has 0 aliphatic carbocycles. The average Bonchev–Trinajstić information content (AvgIpc) is 2.31. The van der Waals surface area contributed by atoms with Crippen molar-refractivity contribution < 1.29 is 14.6 Å². The molecule has 0 amide bonds. The zero-order valence-corrected chi connectivity index (χ0v) is 11.6. The van der Waals surface area contributed by atoms with Crippen molar-refractivity contribution in [2.45, 2.75) is 19.4 Å². The minimum atomic E-state index is -0.899. The molecule has 5 heteroatoms. The number of hydrogen-bond acceptors (Lipinski definition) is 3. The summed E-state index contributed by atoms with van der Waals surface area (Å²) in [5.41, 5.74) is -0.899. The number of aliphatic carboxylic acids is 1. The maximum atomic E-state index is 11.0. The molecule has 0 aliphatic heterocycles. The maximum Gasteiger partial charge on any atom is 0.323 e. The minimum absolute atomic E-state index is 0.425. The Morgan fingerprint density at radius 1 is 1.39 bits per heavy atom. The Morgan fingerprint density at radius 2 is 1.94 bits per heavy atom. The normalized spacial score (nSPS) is 11.6. The van der Waals surface area contributed by atoms with Crippen LogP contribution in [0.25, 0.3) is 0 Å². The zero-order valence-electron chi connectivity index (χ0n) is 10.8. The van der Waals surface area contributed by atoms with Gasteiger partial charge in [-0.25, -0.2) is 0 Å². The molecular weight excluding hydrogens is 254 g/mol. The zero-order chi connectivity index (χ0) is 13.8. The van der Waals surface area contributed by atoms with Crippen molar-refractivity contribution in [3.05, 3.63) is 29.3 Å². The van der Waals surface area contributed by atoms with E-state index >= 15 is 0 Å². The van der Waals surface area contributed by atoms with Gasteiger partial charge in [-0.1, -0.05) is 11.6 Å². The van der Waals surface area contributed by atoms with E-state index in [4.69, 9.17) is 21.4 Å². The summed E-state index contributed by atoms with van der Waals surface area (Å²) in [5.74, 6) is -0.127. The summed E-state index contributed by atoms with van der Waals surface area (Å²) in [7, 11) is 1.76. The smallest absolute Gasteiger partial charge is 0.323 e. The molecule has 1 N–H and O–H groups in total. The van der Waals surface area contributed by atoms with Crippen molar-refractivity contribution in [2.24, 2.45) is 0 Å². The van der Waals surface area contributed by atoms with Crippen LogP contribution in [0, 0.1) is 0 Å². The molecule has 0 fully saturated rings. The SMILES string of the molecule is CN(CCOc1ccc(Cl)cc1)C(C)(C)C(=O)O. The van der Waals surface area contributed by atoms with Gasteiger partial charge in [-0.2, -0.15) is 0 Å². The Bertz CT molecular complexity index is 403. The predicted octanol–water partition coefficient (Wildman–Crippen LogP) is 2.51. The number of nitrogens with zero attached hydrogens (tertiary/aromatic N) is 1. The van der Waals surface area contributed by atoms with Gasteiger partial charge in [-0.05, 0) is 45.2 Å². The molecule has 0 atom stereocenters. The van der Waals surface area contributed by atoms with Gasteiger partial charge in [0, 0.05) is 11.6 Å². The van der Waals surface area contributed by atoms with Crippen LogP contribution in [0.2, 0.25) is 5.02 Å². The van der Waals surface area contributed by atoms with Crippen molar-refractivity contribution in [1.82, 2.24) is 4.90 Å². The quantitative estimate of drug-likeness (QED) is 0.864. The van der Waals surface area contributed by atoms with Gasteiger partial charge >= 0.3 is 5.97 Å². The lowest BCUT2D eigenvalue weighted by atomic mass is 10.0. The average molecular weight is 272 g/mol. The maximum absolute atomic E-state index is 11.0. The van der Waals surface area contributed by atoms with Crippen molar-refractivity contribution in [1.29, 1.82) is 0 Å². The second-order valence-corrected chi connectivity index (χ2v) is 5.02. The van der Waals surface area contributed by atoms with Crippen LogP contribution < -0.4 is 4.74 Å². The first kappa shape index (κ1) is 14.8. The second-order valence-electron chi connectivity index (χ2n) is 4.59. The molecule has 0 saturated carbocycles. The van der Waals surface area contributed by atoms with E-state index in [1.807, 2.05) is 0 Å². The fraction of sp³-hybridized carbons (Fsp3) is 0.462. The summed E-state index contributed by atoms with van der Waals surface area (Å²) in [4.78, 5) is 12.8. The van der Waals surface area contributed by atoms with Crippen molar-refractivity contribution in [3.63, 3.8) is 0 Å². The molecule has 0 bridgehead atoms. The number of likely N-dealkylation sites (N-methyl/N-ethyl adjacent to an activating group) is 1. The molecule has 1 aromatic carbocycles. The van der Waals surface area contributed by atoms with E-state index < -0.39 is 11.5 Å². The third-order valence-electron chi connectivity index (χ3n) is 2.99. The fourth-order valence-electron chi connectivity index (χ4n) is 1.27. The monoisotopic (exact) mass is 271 g/mol. The van der Waals surface area contributed by atoms with Crippen molar-refractivity contribution in [3.8, 4) is 5.75 Å². The first-order chi connectivity index (χ1) is 8.34. The molecule has 0 aliphatic rings. The van der Waals surface area contributed by atoms with Gasteiger partial charge in [0.25, 0.3) is 0 Å². The van der Waals surface area contributed by atoms with Crippen molar-refractivity contribution >= 4 is 17.6 Å². The summed E-state index contributed by atoms with van der Waals surface area (Å²) in [6.07, 6.45) is 0. The van der Waals surface area contributed by atoms with Gasteiger partial charge < -0.3 is 9.84 Å². The molecular formula is C13H18ClNO3. The number of ether oxygens (including phenoxy) is 1. The number of carboxylic acid groups (broad SMARTS) is 1. The summed E-state index contributed by atoms with van der Waals surface area (Å²) in [6, 6.07) is 7.07. The molecule has 0 aromatic heterocycles. The fourth-order valence-corrected chi connectivity index (χ4v) is 1.40. The Morgan fingerprint density at radius 3 is 2.44 bits per heavy atom. The lowest BCUT2D eigenvalue weighted by molar-refractivity contribution is -0.148. The van der Waals surface area contributed by atoms with Crippen LogP contribution in [0.15, 0.2) is 24.3 Å². The Labute approximate surface area is 112 Å². The molecule has 18 heavy (non-hydrogen) atoms. The van der Waals surface area contributed by atoms with E-state index in [0.717, 1.165) is 5.75 Å². The highest BCUT2D eigenvalue weighted by atomic mass is 35.5. The molecule has 1 aromatic rings. The summed E-state index contributed by atoms with van der Waals surface area (Å²) >= 11 is 5.76. The summed E-state index contributed by atoms with van der Waals surface area (Å²) in [6.45, 7) is 4.28. The van der Waals surface area contributed by atoms with Crippen LogP contribution >= 0.6 is 11.6 Å². The lowest BCUT2D eigenvalue weighted by Gasteiger charge is -2.31. The Kier molecular flexibility index (Phi) is 4.99.